The van der Waals surface area contributed by atoms with Gasteiger partial charge in [0.1, 0.15) is 5.70 Å². The highest BCUT2D eigenvalue weighted by Crippen LogP contribution is 2.37. The molecule has 2 rings (SSSR count). The van der Waals surface area contributed by atoms with Crippen LogP contribution in [-0.4, -0.2) is 29.2 Å². The highest BCUT2D eigenvalue weighted by molar-refractivity contribution is 6.09. The first-order valence-electron chi connectivity index (χ1n) is 7.27. The van der Waals surface area contributed by atoms with E-state index in [0.717, 1.165) is 23.5 Å². The summed E-state index contributed by atoms with van der Waals surface area (Å²) in [5.41, 5.74) is 14.9. The number of nitrogens with two attached hydrogens (primary N) is 2. The van der Waals surface area contributed by atoms with Crippen LogP contribution in [0, 0.1) is 11.8 Å². The van der Waals surface area contributed by atoms with Crippen molar-refractivity contribution in [3.63, 3.8) is 0 Å². The van der Waals surface area contributed by atoms with Crippen molar-refractivity contribution in [3.05, 3.63) is 36.3 Å². The van der Waals surface area contributed by atoms with Crippen molar-refractivity contribution in [2.45, 2.75) is 39.3 Å². The molecule has 0 aromatic rings. The molecule has 5 heteroatoms. The maximum Gasteiger partial charge on any atom is 0.159 e. The fourth-order valence-corrected chi connectivity index (χ4v) is 3.18. The molecule has 1 heterocycles. The molecule has 1 aliphatic heterocycles. The Labute approximate surface area is 126 Å². The van der Waals surface area contributed by atoms with E-state index in [9.17, 15) is 0 Å². The minimum atomic E-state index is 0.0154. The van der Waals surface area contributed by atoms with E-state index in [0.29, 0.717) is 5.70 Å². The zero-order valence-corrected chi connectivity index (χ0v) is 13.1. The SMILES string of the molecule is C=C/N=C1\C(=C(C)C)N=CN1C1CC(C(=C)N)[C@@H](N)[C@H]1C. The fourth-order valence-electron chi connectivity index (χ4n) is 3.18. The van der Waals surface area contributed by atoms with Gasteiger partial charge in [0.15, 0.2) is 5.84 Å². The minimum Gasteiger partial charge on any atom is -0.402 e. The number of nitrogens with zero attached hydrogens (tertiary/aromatic N) is 3. The van der Waals surface area contributed by atoms with E-state index >= 15 is 0 Å². The van der Waals surface area contributed by atoms with Crippen molar-refractivity contribution in [1.82, 2.24) is 4.90 Å². The Kier molecular flexibility index (Phi) is 4.32. The molecule has 0 aromatic carbocycles. The lowest BCUT2D eigenvalue weighted by atomic mass is 9.97. The molecule has 5 nitrogen and oxygen atoms in total. The number of hydrogen-bond acceptors (Lipinski definition) is 4. The normalized spacial score (nSPS) is 33.8. The summed E-state index contributed by atoms with van der Waals surface area (Å²) >= 11 is 0. The third-order valence-corrected chi connectivity index (χ3v) is 4.46. The van der Waals surface area contributed by atoms with E-state index in [2.05, 4.69) is 35.0 Å². The van der Waals surface area contributed by atoms with Crippen LogP contribution in [0.2, 0.25) is 0 Å². The lowest BCUT2D eigenvalue weighted by molar-refractivity contribution is 0.354. The second-order valence-corrected chi connectivity index (χ2v) is 6.06. The van der Waals surface area contributed by atoms with E-state index in [1.54, 1.807) is 6.20 Å². The molecule has 0 saturated heterocycles. The van der Waals surface area contributed by atoms with Gasteiger partial charge in [0.05, 0.1) is 6.34 Å². The van der Waals surface area contributed by atoms with E-state index in [1.165, 1.54) is 0 Å². The lowest BCUT2D eigenvalue weighted by Crippen LogP contribution is -2.41. The van der Waals surface area contributed by atoms with Crippen LogP contribution in [0.3, 0.4) is 0 Å². The van der Waals surface area contributed by atoms with Gasteiger partial charge in [0.25, 0.3) is 0 Å². The van der Waals surface area contributed by atoms with Crippen LogP contribution in [-0.2, 0) is 0 Å². The highest BCUT2D eigenvalue weighted by atomic mass is 15.3. The largest absolute Gasteiger partial charge is 0.402 e. The zero-order chi connectivity index (χ0) is 15.7. The molecule has 0 aromatic heterocycles. The van der Waals surface area contributed by atoms with Crippen LogP contribution in [0.5, 0.6) is 0 Å². The molecule has 0 amide bonds. The van der Waals surface area contributed by atoms with Gasteiger partial charge in [-0.05, 0) is 31.8 Å². The summed E-state index contributed by atoms with van der Waals surface area (Å²) in [4.78, 5) is 11.0. The number of hydrogen-bond donors (Lipinski definition) is 2. The second kappa shape index (κ2) is 5.85. The molecular formula is C16H25N5. The molecule has 1 fully saturated rings. The Morgan fingerprint density at radius 3 is 2.67 bits per heavy atom. The third kappa shape index (κ3) is 2.65. The van der Waals surface area contributed by atoms with Crippen molar-refractivity contribution in [1.29, 1.82) is 0 Å². The van der Waals surface area contributed by atoms with Gasteiger partial charge in [-0.1, -0.05) is 20.1 Å². The van der Waals surface area contributed by atoms with E-state index < -0.39 is 0 Å². The molecule has 0 bridgehead atoms. The Balaban J connectivity index is 2.33. The van der Waals surface area contributed by atoms with Crippen molar-refractivity contribution in [2.24, 2.45) is 33.3 Å². The second-order valence-electron chi connectivity index (χ2n) is 6.06. The van der Waals surface area contributed by atoms with Gasteiger partial charge in [-0.2, -0.15) is 0 Å². The number of rotatable bonds is 3. The average molecular weight is 287 g/mol. The first-order chi connectivity index (χ1) is 9.88. The molecule has 4 atom stereocenters. The Bertz CT molecular complexity index is 539. The molecular weight excluding hydrogens is 262 g/mol. The zero-order valence-electron chi connectivity index (χ0n) is 13.1. The number of amidine groups is 1. The van der Waals surface area contributed by atoms with Crippen LogP contribution in [0.15, 0.2) is 46.3 Å². The Morgan fingerprint density at radius 2 is 2.19 bits per heavy atom. The Hall–Kier alpha value is -1.88. The monoisotopic (exact) mass is 287 g/mol. The van der Waals surface area contributed by atoms with Crippen LogP contribution in [0.4, 0.5) is 0 Å². The summed E-state index contributed by atoms with van der Waals surface area (Å²) in [6.07, 6.45) is 4.27. The molecule has 21 heavy (non-hydrogen) atoms. The van der Waals surface area contributed by atoms with Gasteiger partial charge in [0, 0.05) is 29.9 Å². The molecule has 2 unspecified atom stereocenters. The summed E-state index contributed by atoms with van der Waals surface area (Å²) in [5, 5.41) is 0. The van der Waals surface area contributed by atoms with Gasteiger partial charge < -0.3 is 16.4 Å². The Morgan fingerprint density at radius 1 is 1.52 bits per heavy atom. The summed E-state index contributed by atoms with van der Waals surface area (Å²) < 4.78 is 0. The van der Waals surface area contributed by atoms with Crippen LogP contribution in [0.25, 0.3) is 0 Å². The van der Waals surface area contributed by atoms with E-state index in [-0.39, 0.29) is 23.9 Å². The molecule has 1 aliphatic carbocycles. The third-order valence-electron chi connectivity index (χ3n) is 4.46. The van der Waals surface area contributed by atoms with Crippen LogP contribution < -0.4 is 11.5 Å². The van der Waals surface area contributed by atoms with E-state index in [1.807, 2.05) is 20.2 Å². The predicted octanol–water partition coefficient (Wildman–Crippen LogP) is 1.99. The standard InChI is InChI=1S/C16H25N5/c1-6-19-16-15(9(2)3)20-8-21(16)13-7-12(11(5)17)14(18)10(13)4/h6,8,10,12-14H,1,5,7,17-18H2,2-4H3/b19-16+/t10-,12?,13?,14-/m0/s1. The molecule has 114 valence electrons. The van der Waals surface area contributed by atoms with Crippen molar-refractivity contribution in [3.8, 4) is 0 Å². The lowest BCUT2D eigenvalue weighted by Gasteiger charge is -2.28. The molecule has 1 saturated carbocycles. The van der Waals surface area contributed by atoms with E-state index in [4.69, 9.17) is 11.5 Å². The predicted molar refractivity (Wildman–Crippen MR) is 88.7 cm³/mol. The fraction of sp³-hybridized carbons (Fsp3) is 0.500. The quantitative estimate of drug-likeness (QED) is 0.833. The summed E-state index contributed by atoms with van der Waals surface area (Å²) in [6, 6.07) is 0.242. The van der Waals surface area contributed by atoms with Gasteiger partial charge >= 0.3 is 0 Å². The van der Waals surface area contributed by atoms with Gasteiger partial charge in [-0.15, -0.1) is 0 Å². The molecule has 4 N–H and O–H groups in total. The summed E-state index contributed by atoms with van der Waals surface area (Å²) in [7, 11) is 0. The summed E-state index contributed by atoms with van der Waals surface area (Å²) in [5.74, 6) is 1.27. The first kappa shape index (κ1) is 15.5. The van der Waals surface area contributed by atoms with Crippen LogP contribution in [0.1, 0.15) is 27.2 Å². The first-order valence-corrected chi connectivity index (χ1v) is 7.27. The molecule has 2 aliphatic rings. The maximum absolute atomic E-state index is 6.31. The van der Waals surface area contributed by atoms with Crippen molar-refractivity contribution < 1.29 is 0 Å². The number of aliphatic imine (C=N–C) groups is 2. The summed E-state index contributed by atoms with van der Waals surface area (Å²) in [6.45, 7) is 13.8. The van der Waals surface area contributed by atoms with Gasteiger partial charge in [-0.3, -0.25) is 0 Å². The van der Waals surface area contributed by atoms with Crippen molar-refractivity contribution >= 4 is 12.2 Å². The van der Waals surface area contributed by atoms with Crippen LogP contribution >= 0.6 is 0 Å². The number of allylic oxidation sites excluding steroid dienone is 1. The smallest absolute Gasteiger partial charge is 0.159 e. The van der Waals surface area contributed by atoms with Gasteiger partial charge in [-0.25, -0.2) is 9.98 Å². The average Bonchev–Trinajstić information content (AvgIpc) is 2.94. The molecule has 0 spiro atoms. The maximum atomic E-state index is 6.31. The topological polar surface area (TPSA) is 80.0 Å². The van der Waals surface area contributed by atoms with Gasteiger partial charge in [0.2, 0.25) is 0 Å². The minimum absolute atomic E-state index is 0.0154. The highest BCUT2D eigenvalue weighted by Gasteiger charge is 2.44. The molecule has 0 radical (unpaired) electrons. The van der Waals surface area contributed by atoms with Crippen molar-refractivity contribution in [2.75, 3.05) is 0 Å².